The summed E-state index contributed by atoms with van der Waals surface area (Å²) in [5.74, 6) is 0.0428. The zero-order chi connectivity index (χ0) is 18.5. The van der Waals surface area contributed by atoms with E-state index < -0.39 is 6.61 Å². The highest BCUT2D eigenvalue weighted by Gasteiger charge is 2.14. The number of rotatable bonds is 7. The Balaban J connectivity index is 1.56. The number of aromatic nitrogens is 1. The molecule has 3 rings (SSSR count). The van der Waals surface area contributed by atoms with Crippen LogP contribution in [0.4, 0.5) is 8.78 Å². The third-order valence-electron chi connectivity index (χ3n) is 3.65. The fourth-order valence-electron chi connectivity index (χ4n) is 2.34. The van der Waals surface area contributed by atoms with Crippen molar-refractivity contribution in [3.8, 4) is 16.3 Å². The minimum absolute atomic E-state index is 0.0555. The third-order valence-corrected chi connectivity index (χ3v) is 5.27. The van der Waals surface area contributed by atoms with Crippen LogP contribution in [0, 0.1) is 0 Å². The zero-order valence-corrected chi connectivity index (χ0v) is 15.5. The summed E-state index contributed by atoms with van der Waals surface area (Å²) in [5, 5.41) is 6.83. The van der Waals surface area contributed by atoms with Crippen molar-refractivity contribution in [1.29, 1.82) is 0 Å². The molecule has 8 heteroatoms. The van der Waals surface area contributed by atoms with Gasteiger partial charge in [-0.25, -0.2) is 4.98 Å². The van der Waals surface area contributed by atoms with Crippen LogP contribution >= 0.6 is 22.7 Å². The number of amides is 1. The van der Waals surface area contributed by atoms with Gasteiger partial charge in [0, 0.05) is 29.9 Å². The molecule has 0 aliphatic rings. The average Bonchev–Trinajstić information content (AvgIpc) is 3.27. The smallest absolute Gasteiger partial charge is 0.387 e. The molecule has 0 unspecified atom stereocenters. The van der Waals surface area contributed by atoms with Gasteiger partial charge in [-0.3, -0.25) is 4.79 Å². The van der Waals surface area contributed by atoms with Crippen LogP contribution in [0.5, 0.6) is 5.75 Å². The van der Waals surface area contributed by atoms with Gasteiger partial charge in [0.2, 0.25) is 5.91 Å². The highest BCUT2D eigenvalue weighted by Crippen LogP contribution is 2.26. The lowest BCUT2D eigenvalue weighted by Gasteiger charge is -2.17. The van der Waals surface area contributed by atoms with Gasteiger partial charge in [0.25, 0.3) is 0 Å². The maximum absolute atomic E-state index is 12.4. The number of hydrogen-bond donors (Lipinski definition) is 0. The topological polar surface area (TPSA) is 42.4 Å². The highest BCUT2D eigenvalue weighted by atomic mass is 32.1. The summed E-state index contributed by atoms with van der Waals surface area (Å²) in [6, 6.07) is 8.27. The first kappa shape index (κ1) is 18.5. The van der Waals surface area contributed by atoms with Crippen molar-refractivity contribution < 1.29 is 18.3 Å². The third kappa shape index (κ3) is 4.86. The van der Waals surface area contributed by atoms with Crippen LogP contribution in [0.2, 0.25) is 0 Å². The minimum atomic E-state index is -2.85. The van der Waals surface area contributed by atoms with E-state index in [1.165, 1.54) is 23.5 Å². The lowest BCUT2D eigenvalue weighted by atomic mass is 10.2. The number of ether oxygens (including phenoxy) is 1. The lowest BCUT2D eigenvalue weighted by Crippen LogP contribution is -2.27. The molecule has 2 aromatic heterocycles. The van der Waals surface area contributed by atoms with Gasteiger partial charge in [0.1, 0.15) is 10.8 Å². The molecular formula is C18H16F2N2O2S2. The number of nitrogens with zero attached hydrogens (tertiary/aromatic N) is 2. The SMILES string of the molecule is CN(Cc1ccc(OC(F)F)cc1)C(=O)Cc1csc(-c2ccsc2)n1. The number of carbonyl (C=O) groups is 1. The van der Waals surface area contributed by atoms with E-state index in [-0.39, 0.29) is 18.1 Å². The van der Waals surface area contributed by atoms with Gasteiger partial charge in [-0.05, 0) is 29.1 Å². The number of alkyl halides is 2. The standard InChI is InChI=1S/C18H16F2N2O2S2/c1-22(9-12-2-4-15(5-3-12)24-18(19)20)16(23)8-14-11-26-17(21-14)13-6-7-25-10-13/h2-7,10-11,18H,8-9H2,1H3. The molecule has 136 valence electrons. The van der Waals surface area contributed by atoms with E-state index in [2.05, 4.69) is 9.72 Å². The molecule has 4 nitrogen and oxygen atoms in total. The van der Waals surface area contributed by atoms with Crippen LogP contribution in [-0.4, -0.2) is 29.5 Å². The Labute approximate surface area is 157 Å². The summed E-state index contributed by atoms with van der Waals surface area (Å²) in [6.07, 6.45) is 0.226. The number of hydrogen-bond acceptors (Lipinski definition) is 5. The first-order valence-corrected chi connectivity index (χ1v) is 9.58. The summed E-state index contributed by atoms with van der Waals surface area (Å²) in [7, 11) is 1.71. The summed E-state index contributed by atoms with van der Waals surface area (Å²) in [5.41, 5.74) is 2.64. The van der Waals surface area contributed by atoms with Crippen molar-refractivity contribution in [3.05, 3.63) is 57.7 Å². The number of halogens is 2. The van der Waals surface area contributed by atoms with Gasteiger partial charge in [0.05, 0.1) is 12.1 Å². The Bertz CT molecular complexity index is 848. The summed E-state index contributed by atoms with van der Waals surface area (Å²) in [6.45, 7) is -2.46. The Morgan fingerprint density at radius 2 is 2.00 bits per heavy atom. The van der Waals surface area contributed by atoms with Crippen molar-refractivity contribution in [2.24, 2.45) is 0 Å². The van der Waals surface area contributed by atoms with Crippen molar-refractivity contribution in [3.63, 3.8) is 0 Å². The van der Waals surface area contributed by atoms with E-state index in [1.54, 1.807) is 35.4 Å². The Morgan fingerprint density at radius 1 is 1.23 bits per heavy atom. The summed E-state index contributed by atoms with van der Waals surface area (Å²) in [4.78, 5) is 18.5. The maximum atomic E-state index is 12.4. The first-order valence-electron chi connectivity index (χ1n) is 7.76. The van der Waals surface area contributed by atoms with Gasteiger partial charge in [-0.15, -0.1) is 11.3 Å². The van der Waals surface area contributed by atoms with E-state index in [4.69, 9.17) is 0 Å². The number of likely N-dealkylation sites (N-methyl/N-ethyl adjacent to an activating group) is 1. The normalized spacial score (nSPS) is 10.9. The second-order valence-electron chi connectivity index (χ2n) is 5.61. The predicted molar refractivity (Wildman–Crippen MR) is 98.7 cm³/mol. The molecule has 0 aliphatic carbocycles. The van der Waals surface area contributed by atoms with Gasteiger partial charge < -0.3 is 9.64 Å². The molecule has 0 spiro atoms. The van der Waals surface area contributed by atoms with E-state index in [0.29, 0.717) is 6.54 Å². The van der Waals surface area contributed by atoms with Crippen molar-refractivity contribution in [1.82, 2.24) is 9.88 Å². The monoisotopic (exact) mass is 394 g/mol. The lowest BCUT2D eigenvalue weighted by molar-refractivity contribution is -0.129. The van der Waals surface area contributed by atoms with Gasteiger partial charge >= 0.3 is 6.61 Å². The van der Waals surface area contributed by atoms with Crippen LogP contribution in [-0.2, 0) is 17.8 Å². The van der Waals surface area contributed by atoms with Crippen LogP contribution < -0.4 is 4.74 Å². The predicted octanol–water partition coefficient (Wildman–Crippen LogP) is 4.67. The quantitative estimate of drug-likeness (QED) is 0.585. The Kier molecular flexibility index (Phi) is 5.95. The van der Waals surface area contributed by atoms with Crippen molar-refractivity contribution in [2.75, 3.05) is 7.05 Å². The Hall–Kier alpha value is -2.32. The second kappa shape index (κ2) is 8.37. The van der Waals surface area contributed by atoms with Crippen molar-refractivity contribution in [2.45, 2.75) is 19.6 Å². The van der Waals surface area contributed by atoms with Crippen LogP contribution in [0.25, 0.3) is 10.6 Å². The summed E-state index contributed by atoms with van der Waals surface area (Å²) < 4.78 is 28.6. The second-order valence-corrected chi connectivity index (χ2v) is 7.24. The summed E-state index contributed by atoms with van der Waals surface area (Å²) >= 11 is 3.13. The fourth-order valence-corrected chi connectivity index (χ4v) is 3.87. The van der Waals surface area contributed by atoms with E-state index in [1.807, 2.05) is 22.2 Å². The molecule has 1 aromatic carbocycles. The highest BCUT2D eigenvalue weighted by molar-refractivity contribution is 7.14. The number of thiazole rings is 1. The van der Waals surface area contributed by atoms with Crippen LogP contribution in [0.1, 0.15) is 11.3 Å². The van der Waals surface area contributed by atoms with E-state index in [0.717, 1.165) is 21.8 Å². The molecule has 26 heavy (non-hydrogen) atoms. The van der Waals surface area contributed by atoms with Crippen LogP contribution in [0.3, 0.4) is 0 Å². The largest absolute Gasteiger partial charge is 0.435 e. The molecule has 0 aliphatic heterocycles. The molecule has 2 heterocycles. The maximum Gasteiger partial charge on any atom is 0.387 e. The average molecular weight is 394 g/mol. The molecule has 0 N–H and O–H groups in total. The van der Waals surface area contributed by atoms with Crippen molar-refractivity contribution >= 4 is 28.6 Å². The Morgan fingerprint density at radius 3 is 2.65 bits per heavy atom. The number of thiophene rings is 1. The van der Waals surface area contributed by atoms with E-state index in [9.17, 15) is 13.6 Å². The molecular weight excluding hydrogens is 378 g/mol. The minimum Gasteiger partial charge on any atom is -0.435 e. The number of benzene rings is 1. The molecule has 0 bridgehead atoms. The molecule has 3 aromatic rings. The molecule has 0 saturated carbocycles. The molecule has 0 fully saturated rings. The molecule has 0 atom stereocenters. The number of carbonyl (C=O) groups excluding carboxylic acids is 1. The van der Waals surface area contributed by atoms with E-state index >= 15 is 0 Å². The fraction of sp³-hybridized carbons (Fsp3) is 0.222. The molecule has 1 amide bonds. The zero-order valence-electron chi connectivity index (χ0n) is 13.9. The van der Waals surface area contributed by atoms with Gasteiger partial charge in [-0.1, -0.05) is 12.1 Å². The molecule has 0 saturated heterocycles. The molecule has 0 radical (unpaired) electrons. The van der Waals surface area contributed by atoms with Gasteiger partial charge in [0.15, 0.2) is 0 Å². The van der Waals surface area contributed by atoms with Crippen LogP contribution in [0.15, 0.2) is 46.5 Å². The first-order chi connectivity index (χ1) is 12.5. The van der Waals surface area contributed by atoms with Gasteiger partial charge in [-0.2, -0.15) is 20.1 Å².